The maximum absolute atomic E-state index is 15.1. The number of ether oxygens (including phenoxy) is 1. The molecule has 1 aliphatic heterocycles. The minimum atomic E-state index is -4.29. The molecule has 1 fully saturated rings. The van der Waals surface area contributed by atoms with Gasteiger partial charge in [0.25, 0.3) is 11.8 Å². The second-order valence-corrected chi connectivity index (χ2v) is 13.1. The largest absolute Gasteiger partial charge is 0.444 e. The Morgan fingerprint density at radius 1 is 1.16 bits per heavy atom. The van der Waals surface area contributed by atoms with E-state index in [9.17, 15) is 22.8 Å². The molecular weight excluding hydrogens is 537 g/mol. The molecule has 2 aromatic carbocycles. The molecule has 0 saturated heterocycles. The molecule has 1 aliphatic carbocycles. The Morgan fingerprint density at radius 3 is 2.37 bits per heavy atom. The van der Waals surface area contributed by atoms with Crippen LogP contribution in [0.15, 0.2) is 41.3 Å². The van der Waals surface area contributed by atoms with Crippen molar-refractivity contribution in [2.24, 2.45) is 5.92 Å². The smallest absolute Gasteiger partial charge is 0.408 e. The van der Waals surface area contributed by atoms with E-state index in [2.05, 4.69) is 10.6 Å². The van der Waals surface area contributed by atoms with E-state index in [0.717, 1.165) is 23.5 Å². The van der Waals surface area contributed by atoms with Gasteiger partial charge in [-0.3, -0.25) is 9.59 Å². The summed E-state index contributed by atoms with van der Waals surface area (Å²) in [6, 6.07) is 6.72. The van der Waals surface area contributed by atoms with E-state index in [-0.39, 0.29) is 29.8 Å². The molecule has 2 N–H and O–H groups in total. The molecule has 2 unspecified atom stereocenters. The highest BCUT2D eigenvalue weighted by Crippen LogP contribution is 2.35. The number of halogens is 2. The van der Waals surface area contributed by atoms with Gasteiger partial charge in [-0.25, -0.2) is 17.6 Å². The molecule has 204 valence electrons. The number of nitrogens with zero attached hydrogens (tertiary/aromatic N) is 1. The first-order valence-electron chi connectivity index (χ1n) is 12.1. The summed E-state index contributed by atoms with van der Waals surface area (Å²) in [5, 5.41) is 5.53. The van der Waals surface area contributed by atoms with Crippen LogP contribution in [0, 0.1) is 11.7 Å². The van der Waals surface area contributed by atoms with Gasteiger partial charge in [-0.1, -0.05) is 30.7 Å². The number of hydrogen-bond donors (Lipinski definition) is 2. The van der Waals surface area contributed by atoms with E-state index in [0.29, 0.717) is 10.6 Å². The predicted octanol–water partition coefficient (Wildman–Crippen LogP) is 3.83. The molecule has 0 aromatic heterocycles. The van der Waals surface area contributed by atoms with Gasteiger partial charge in [-0.05, 0) is 62.9 Å². The minimum absolute atomic E-state index is 0.0985. The lowest BCUT2D eigenvalue weighted by Gasteiger charge is -2.27. The monoisotopic (exact) mass is 565 g/mol. The summed E-state index contributed by atoms with van der Waals surface area (Å²) in [5.74, 6) is -3.06. The molecule has 0 spiro atoms. The Balaban J connectivity index is 1.78. The first-order valence-corrected chi connectivity index (χ1v) is 14.1. The van der Waals surface area contributed by atoms with Crippen LogP contribution < -0.4 is 15.5 Å². The zero-order valence-corrected chi connectivity index (χ0v) is 23.0. The average molecular weight is 566 g/mol. The molecule has 1 saturated carbocycles. The van der Waals surface area contributed by atoms with Gasteiger partial charge in [-0.2, -0.15) is 0 Å². The fraction of sp³-hybridized carbons (Fsp3) is 0.423. The Morgan fingerprint density at radius 2 is 1.79 bits per heavy atom. The van der Waals surface area contributed by atoms with Crippen LogP contribution in [0.25, 0.3) is 0 Å². The topological polar surface area (TPSA) is 122 Å². The second kappa shape index (κ2) is 10.2. The molecule has 2 aliphatic rings. The van der Waals surface area contributed by atoms with E-state index in [4.69, 9.17) is 16.3 Å². The van der Waals surface area contributed by atoms with Crippen LogP contribution in [-0.2, 0) is 25.9 Å². The number of hydrogen-bond acceptors (Lipinski definition) is 6. The summed E-state index contributed by atoms with van der Waals surface area (Å²) in [5.41, 5.74) is -0.849. The number of anilines is 1. The van der Waals surface area contributed by atoms with Gasteiger partial charge in [0.15, 0.2) is 9.84 Å². The van der Waals surface area contributed by atoms with Gasteiger partial charge in [0.05, 0.1) is 28.4 Å². The zero-order chi connectivity index (χ0) is 28.0. The van der Waals surface area contributed by atoms with E-state index < -0.39 is 55.9 Å². The molecule has 3 amide bonds. The van der Waals surface area contributed by atoms with Crippen molar-refractivity contribution in [2.75, 3.05) is 10.7 Å². The summed E-state index contributed by atoms with van der Waals surface area (Å²) >= 11 is 5.98. The van der Waals surface area contributed by atoms with Crippen molar-refractivity contribution in [3.63, 3.8) is 0 Å². The third-order valence-electron chi connectivity index (χ3n) is 6.24. The lowest BCUT2D eigenvalue weighted by atomic mass is 10.1. The summed E-state index contributed by atoms with van der Waals surface area (Å²) in [7, 11) is -4.29. The van der Waals surface area contributed by atoms with Crippen LogP contribution in [0.5, 0.6) is 0 Å². The second-order valence-electron chi connectivity index (χ2n) is 10.6. The van der Waals surface area contributed by atoms with E-state index in [1.807, 2.05) is 6.92 Å². The fourth-order valence-electron chi connectivity index (χ4n) is 4.12. The van der Waals surface area contributed by atoms with Gasteiger partial charge in [-0.15, -0.1) is 0 Å². The number of fused-ring (bicyclic) bond motifs is 1. The summed E-state index contributed by atoms with van der Waals surface area (Å²) in [4.78, 5) is 39.7. The van der Waals surface area contributed by atoms with Gasteiger partial charge >= 0.3 is 6.09 Å². The molecule has 0 radical (unpaired) electrons. The van der Waals surface area contributed by atoms with Crippen LogP contribution in [-0.4, -0.2) is 49.8 Å². The maximum atomic E-state index is 15.1. The maximum Gasteiger partial charge on any atom is 0.408 e. The van der Waals surface area contributed by atoms with Crippen molar-refractivity contribution in [2.45, 2.75) is 63.2 Å². The lowest BCUT2D eigenvalue weighted by Crippen LogP contribution is -2.51. The molecule has 12 heteroatoms. The molecule has 4 rings (SSSR count). The number of rotatable bonds is 5. The Bertz CT molecular complexity index is 1390. The van der Waals surface area contributed by atoms with E-state index in [1.54, 1.807) is 45.0 Å². The minimum Gasteiger partial charge on any atom is -0.444 e. The van der Waals surface area contributed by atoms with Crippen LogP contribution in [0.3, 0.4) is 0 Å². The summed E-state index contributed by atoms with van der Waals surface area (Å²) < 4.78 is 47.1. The van der Waals surface area contributed by atoms with Gasteiger partial charge in [0.2, 0.25) is 0 Å². The number of amides is 3. The highest BCUT2D eigenvalue weighted by atomic mass is 35.5. The highest BCUT2D eigenvalue weighted by Gasteiger charge is 2.41. The van der Waals surface area contributed by atoms with E-state index >= 15 is 4.39 Å². The third-order valence-corrected chi connectivity index (χ3v) is 8.26. The van der Waals surface area contributed by atoms with Gasteiger partial charge in [0, 0.05) is 11.1 Å². The number of benzene rings is 2. The van der Waals surface area contributed by atoms with Crippen molar-refractivity contribution < 1.29 is 31.9 Å². The Hall–Kier alpha value is -3.18. The van der Waals surface area contributed by atoms with Crippen LogP contribution in [0.4, 0.5) is 14.9 Å². The fourth-order valence-corrected chi connectivity index (χ4v) is 5.86. The van der Waals surface area contributed by atoms with Crippen molar-refractivity contribution in [3.8, 4) is 0 Å². The predicted molar refractivity (Wildman–Crippen MR) is 139 cm³/mol. The number of alkyl carbamates (subject to hydrolysis) is 1. The summed E-state index contributed by atoms with van der Waals surface area (Å²) in [6.07, 6.45) is -0.223. The summed E-state index contributed by atoms with van der Waals surface area (Å²) in [6.45, 7) is 6.68. The zero-order valence-electron chi connectivity index (χ0n) is 21.4. The first kappa shape index (κ1) is 27.8. The van der Waals surface area contributed by atoms with Crippen molar-refractivity contribution >= 4 is 45.0 Å². The van der Waals surface area contributed by atoms with Crippen molar-refractivity contribution in [3.05, 3.63) is 58.4 Å². The average Bonchev–Trinajstić information content (AvgIpc) is 3.50. The van der Waals surface area contributed by atoms with E-state index in [1.165, 1.54) is 0 Å². The van der Waals surface area contributed by atoms with Crippen LogP contribution >= 0.6 is 11.6 Å². The van der Waals surface area contributed by atoms with Gasteiger partial charge in [0.1, 0.15) is 17.5 Å². The number of nitrogens with one attached hydrogen (secondary N) is 2. The standard InChI is InChI=1S/C26H29ClFN3O6S/c1-14-9-19(14)29-23(32)17-10-21-22(11-18(17)28)38(35,36)13-20(30-25(34)37-26(2,3)4)24(33)31(21)12-15-5-7-16(27)8-6-15/h5-8,10-11,14,19-20H,9,12-13H2,1-4H3,(H,29,32)(H,30,34)/t14?,19?,20-/m0/s1. The van der Waals surface area contributed by atoms with Crippen molar-refractivity contribution in [1.29, 1.82) is 0 Å². The van der Waals surface area contributed by atoms with Crippen LogP contribution in [0.2, 0.25) is 5.02 Å². The molecular formula is C26H29ClFN3O6S. The van der Waals surface area contributed by atoms with Crippen LogP contribution in [0.1, 0.15) is 50.0 Å². The number of carbonyl (C=O) groups excluding carboxylic acids is 3. The molecule has 38 heavy (non-hydrogen) atoms. The Kier molecular flexibility index (Phi) is 7.46. The normalized spacial score (nSPS) is 22.2. The molecule has 9 nitrogen and oxygen atoms in total. The lowest BCUT2D eigenvalue weighted by molar-refractivity contribution is -0.120. The van der Waals surface area contributed by atoms with Crippen molar-refractivity contribution in [1.82, 2.24) is 10.6 Å². The van der Waals surface area contributed by atoms with Gasteiger partial charge < -0.3 is 20.3 Å². The Labute approximate surface area is 225 Å². The quantitative estimate of drug-likeness (QED) is 0.568. The molecule has 3 atom stereocenters. The molecule has 2 aromatic rings. The molecule has 1 heterocycles. The SMILES string of the molecule is CC1CC1NC(=O)c1cc2c(cc1F)S(=O)(=O)C[C@H](NC(=O)OC(C)(C)C)C(=O)N2Cc1ccc(Cl)cc1. The molecule has 0 bridgehead atoms. The number of sulfone groups is 1. The number of carbonyl (C=O) groups is 3. The highest BCUT2D eigenvalue weighted by molar-refractivity contribution is 7.91. The first-order chi connectivity index (χ1) is 17.6. The third kappa shape index (κ3) is 6.27.